The van der Waals surface area contributed by atoms with Gasteiger partial charge >= 0.3 is 0 Å². The lowest BCUT2D eigenvalue weighted by Crippen LogP contribution is -2.47. The van der Waals surface area contributed by atoms with E-state index in [4.69, 9.17) is 4.74 Å². The number of amides is 1. The average molecular weight is 371 g/mol. The molecule has 0 bridgehead atoms. The molecule has 2 N–H and O–H groups in total. The van der Waals surface area contributed by atoms with Gasteiger partial charge in [-0.1, -0.05) is 33.6 Å². The maximum atomic E-state index is 12.6. The topological polar surface area (TPSA) is 84.5 Å². The molecule has 1 unspecified atom stereocenters. The number of unbranched alkanes of at least 4 members (excludes halogenated alkanes) is 2. The van der Waals surface area contributed by atoms with Gasteiger partial charge in [0.15, 0.2) is 0 Å². The maximum absolute atomic E-state index is 12.6. The normalized spacial score (nSPS) is 12.8. The number of hydrogen-bond donors (Lipinski definition) is 2. The molecule has 0 spiro atoms. The molecule has 1 aromatic carbocycles. The van der Waals surface area contributed by atoms with E-state index in [0.29, 0.717) is 18.7 Å². The van der Waals surface area contributed by atoms with E-state index in [-0.39, 0.29) is 16.7 Å². The van der Waals surface area contributed by atoms with E-state index in [9.17, 15) is 13.2 Å². The fourth-order valence-corrected chi connectivity index (χ4v) is 3.61. The summed E-state index contributed by atoms with van der Waals surface area (Å²) in [5, 5.41) is 2.83. The summed E-state index contributed by atoms with van der Waals surface area (Å²) in [6.07, 6.45) is 3.43. The molecule has 0 heterocycles. The van der Waals surface area contributed by atoms with Gasteiger partial charge in [-0.2, -0.15) is 4.72 Å². The summed E-state index contributed by atoms with van der Waals surface area (Å²) in [6, 6.07) is 5.31. The molecule has 1 amide bonds. The van der Waals surface area contributed by atoms with E-state index in [2.05, 4.69) is 17.0 Å². The predicted octanol–water partition coefficient (Wildman–Crippen LogP) is 2.69. The molecule has 25 heavy (non-hydrogen) atoms. The zero-order valence-electron chi connectivity index (χ0n) is 15.5. The minimum atomic E-state index is -3.78. The lowest BCUT2D eigenvalue weighted by Gasteiger charge is -2.20. The first kappa shape index (κ1) is 21.4. The van der Waals surface area contributed by atoms with Crippen molar-refractivity contribution in [1.82, 2.24) is 10.0 Å². The lowest BCUT2D eigenvalue weighted by atomic mass is 10.0. The number of ether oxygens (including phenoxy) is 1. The molecule has 1 atom stereocenters. The van der Waals surface area contributed by atoms with Gasteiger partial charge in [0.1, 0.15) is 11.8 Å². The van der Waals surface area contributed by atoms with E-state index >= 15 is 0 Å². The molecule has 0 saturated heterocycles. The summed E-state index contributed by atoms with van der Waals surface area (Å²) >= 11 is 0. The number of carbonyl (C=O) groups excluding carboxylic acids is 1. The molecule has 6 nitrogen and oxygen atoms in total. The quantitative estimate of drug-likeness (QED) is 0.587. The van der Waals surface area contributed by atoms with Crippen LogP contribution in [0.5, 0.6) is 5.75 Å². The number of rotatable bonds is 11. The minimum Gasteiger partial charge on any atom is -0.497 e. The van der Waals surface area contributed by atoms with Crippen molar-refractivity contribution in [2.75, 3.05) is 13.7 Å². The molecule has 7 heteroatoms. The fourth-order valence-electron chi connectivity index (χ4n) is 2.40. The average Bonchev–Trinajstić information content (AvgIpc) is 2.57. The Morgan fingerprint density at radius 1 is 1.16 bits per heavy atom. The van der Waals surface area contributed by atoms with Crippen molar-refractivity contribution in [2.24, 2.45) is 5.92 Å². The second kappa shape index (κ2) is 10.4. The van der Waals surface area contributed by atoms with Crippen molar-refractivity contribution in [1.29, 1.82) is 0 Å². The van der Waals surface area contributed by atoms with Gasteiger partial charge in [0, 0.05) is 6.54 Å². The third-order valence-electron chi connectivity index (χ3n) is 3.77. The van der Waals surface area contributed by atoms with Crippen LogP contribution < -0.4 is 14.8 Å². The number of benzene rings is 1. The first-order chi connectivity index (χ1) is 11.8. The summed E-state index contributed by atoms with van der Waals surface area (Å²) in [5.74, 6) is 0.484. The number of nitrogens with one attached hydrogen (secondary N) is 2. The Hall–Kier alpha value is -1.60. The zero-order valence-corrected chi connectivity index (χ0v) is 16.4. The maximum Gasteiger partial charge on any atom is 0.241 e. The van der Waals surface area contributed by atoms with Crippen LogP contribution in [-0.2, 0) is 14.8 Å². The van der Waals surface area contributed by atoms with Crippen LogP contribution in [0.15, 0.2) is 29.2 Å². The van der Waals surface area contributed by atoms with Gasteiger partial charge in [-0.15, -0.1) is 0 Å². The molecule has 0 saturated carbocycles. The fraction of sp³-hybridized carbons (Fsp3) is 0.611. The lowest BCUT2D eigenvalue weighted by molar-refractivity contribution is -0.123. The molecule has 1 rings (SSSR count). The van der Waals surface area contributed by atoms with Gasteiger partial charge in [-0.25, -0.2) is 8.42 Å². The second-order valence-electron chi connectivity index (χ2n) is 6.48. The zero-order chi connectivity index (χ0) is 18.9. The monoisotopic (exact) mass is 370 g/mol. The van der Waals surface area contributed by atoms with Gasteiger partial charge < -0.3 is 10.1 Å². The van der Waals surface area contributed by atoms with Gasteiger partial charge in [0.25, 0.3) is 0 Å². The molecule has 0 aliphatic carbocycles. The second-order valence-corrected chi connectivity index (χ2v) is 8.19. The third kappa shape index (κ3) is 7.44. The van der Waals surface area contributed by atoms with Gasteiger partial charge in [-0.05, 0) is 43.0 Å². The first-order valence-corrected chi connectivity index (χ1v) is 10.2. The van der Waals surface area contributed by atoms with Gasteiger partial charge in [-0.3, -0.25) is 4.79 Å². The predicted molar refractivity (Wildman–Crippen MR) is 99.1 cm³/mol. The minimum absolute atomic E-state index is 0.112. The van der Waals surface area contributed by atoms with Crippen molar-refractivity contribution in [3.63, 3.8) is 0 Å². The van der Waals surface area contributed by atoms with E-state index < -0.39 is 16.1 Å². The number of methoxy groups -OCH3 is 1. The molecule has 0 aliphatic rings. The molecule has 0 radical (unpaired) electrons. The van der Waals surface area contributed by atoms with Crippen LogP contribution in [-0.4, -0.2) is 34.0 Å². The van der Waals surface area contributed by atoms with Crippen molar-refractivity contribution < 1.29 is 17.9 Å². The van der Waals surface area contributed by atoms with Gasteiger partial charge in [0.05, 0.1) is 12.0 Å². The molecular weight excluding hydrogens is 340 g/mol. The summed E-state index contributed by atoms with van der Waals surface area (Å²) in [5.41, 5.74) is 0. The van der Waals surface area contributed by atoms with Crippen LogP contribution in [0, 0.1) is 5.92 Å². The van der Waals surface area contributed by atoms with E-state index in [1.807, 2.05) is 13.8 Å². The van der Waals surface area contributed by atoms with Crippen LogP contribution >= 0.6 is 0 Å². The van der Waals surface area contributed by atoms with Crippen LogP contribution in [0.1, 0.15) is 46.5 Å². The third-order valence-corrected chi connectivity index (χ3v) is 5.26. The van der Waals surface area contributed by atoms with Crippen molar-refractivity contribution in [3.8, 4) is 5.75 Å². The number of sulfonamides is 1. The number of carbonyl (C=O) groups is 1. The Bertz CT molecular complexity index is 627. The van der Waals surface area contributed by atoms with E-state index in [1.165, 1.54) is 19.2 Å². The first-order valence-electron chi connectivity index (χ1n) is 8.74. The van der Waals surface area contributed by atoms with Crippen LogP contribution in [0.3, 0.4) is 0 Å². The largest absolute Gasteiger partial charge is 0.497 e. The highest BCUT2D eigenvalue weighted by Gasteiger charge is 2.26. The van der Waals surface area contributed by atoms with Crippen molar-refractivity contribution >= 4 is 15.9 Å². The Morgan fingerprint density at radius 2 is 1.80 bits per heavy atom. The van der Waals surface area contributed by atoms with Gasteiger partial charge in [0.2, 0.25) is 15.9 Å². The highest BCUT2D eigenvalue weighted by molar-refractivity contribution is 7.89. The Labute approximate surface area is 151 Å². The van der Waals surface area contributed by atoms with Crippen molar-refractivity contribution in [3.05, 3.63) is 24.3 Å². The molecular formula is C18H30N2O4S. The van der Waals surface area contributed by atoms with E-state index in [1.54, 1.807) is 12.1 Å². The summed E-state index contributed by atoms with van der Waals surface area (Å²) < 4.78 is 32.7. The summed E-state index contributed by atoms with van der Waals surface area (Å²) in [4.78, 5) is 12.5. The highest BCUT2D eigenvalue weighted by atomic mass is 32.2. The van der Waals surface area contributed by atoms with Crippen LogP contribution in [0.4, 0.5) is 0 Å². The molecule has 1 aromatic rings. The summed E-state index contributed by atoms with van der Waals surface area (Å²) in [7, 11) is -2.26. The van der Waals surface area contributed by atoms with Crippen LogP contribution in [0.2, 0.25) is 0 Å². The molecule has 142 valence electrons. The van der Waals surface area contributed by atoms with E-state index in [0.717, 1.165) is 19.3 Å². The molecule has 0 aliphatic heterocycles. The molecule has 0 fully saturated rings. The SMILES string of the molecule is CCCCCNC(=O)C(CC(C)C)NS(=O)(=O)c1ccc(OC)cc1. The Kier molecular flexibility index (Phi) is 8.92. The highest BCUT2D eigenvalue weighted by Crippen LogP contribution is 2.17. The standard InChI is InChI=1S/C18H30N2O4S/c1-5-6-7-12-19-18(21)17(13-14(2)3)20-25(22,23)16-10-8-15(24-4)9-11-16/h8-11,14,17,20H,5-7,12-13H2,1-4H3,(H,19,21). The molecule has 0 aromatic heterocycles. The summed E-state index contributed by atoms with van der Waals surface area (Å²) in [6.45, 7) is 6.57. The van der Waals surface area contributed by atoms with Crippen molar-refractivity contribution in [2.45, 2.75) is 57.4 Å². The Balaban J connectivity index is 2.82. The number of hydrogen-bond acceptors (Lipinski definition) is 4. The Morgan fingerprint density at radius 3 is 2.32 bits per heavy atom. The van der Waals surface area contributed by atoms with Crippen LogP contribution in [0.25, 0.3) is 0 Å². The smallest absolute Gasteiger partial charge is 0.241 e.